The van der Waals surface area contributed by atoms with Crippen LogP contribution in [0.1, 0.15) is 28.3 Å². The van der Waals surface area contributed by atoms with Gasteiger partial charge >= 0.3 is 6.18 Å². The quantitative estimate of drug-likeness (QED) is 0.496. The average molecular weight is 385 g/mol. The molecule has 0 saturated carbocycles. The Morgan fingerprint density at radius 1 is 0.857 bits per heavy atom. The average Bonchev–Trinajstić information content (AvgIpc) is 3.14. The number of benzene rings is 1. The monoisotopic (exact) mass is 385 g/mol. The van der Waals surface area contributed by atoms with Crippen molar-refractivity contribution in [1.82, 2.24) is 24.4 Å². The van der Waals surface area contributed by atoms with Gasteiger partial charge in [0, 0.05) is 17.5 Å². The van der Waals surface area contributed by atoms with E-state index in [1.165, 1.54) is 4.52 Å². The van der Waals surface area contributed by atoms with Gasteiger partial charge in [-0.3, -0.25) is 0 Å². The van der Waals surface area contributed by atoms with Gasteiger partial charge in [0.15, 0.2) is 17.2 Å². The van der Waals surface area contributed by atoms with E-state index in [-0.39, 0.29) is 11.2 Å². The van der Waals surface area contributed by atoms with Crippen molar-refractivity contribution in [2.45, 2.75) is 33.9 Å². The summed E-state index contributed by atoms with van der Waals surface area (Å²) in [6.07, 6.45) is -4.62. The van der Waals surface area contributed by atoms with Crippen LogP contribution in [-0.2, 0) is 6.18 Å². The molecular weight excluding hydrogens is 367 g/mol. The van der Waals surface area contributed by atoms with Crippen molar-refractivity contribution in [3.05, 3.63) is 64.7 Å². The summed E-state index contributed by atoms with van der Waals surface area (Å²) in [5, 5.41) is 8.32. The van der Waals surface area contributed by atoms with Crippen LogP contribution in [0.15, 0.2) is 36.4 Å². The van der Waals surface area contributed by atoms with E-state index in [9.17, 15) is 13.2 Å². The van der Waals surface area contributed by atoms with Gasteiger partial charge in [0.25, 0.3) is 0 Å². The van der Waals surface area contributed by atoms with Gasteiger partial charge in [0.05, 0.1) is 11.3 Å². The van der Waals surface area contributed by atoms with Crippen LogP contribution in [0.5, 0.6) is 0 Å². The second kappa shape index (κ2) is 6.19. The summed E-state index contributed by atoms with van der Waals surface area (Å²) in [6.45, 7) is 7.30. The molecule has 4 rings (SSSR count). The van der Waals surface area contributed by atoms with E-state index < -0.39 is 11.9 Å². The third-order valence-corrected chi connectivity index (χ3v) is 4.53. The fraction of sp³-hybridized carbons (Fsp3) is 0.250. The first-order valence-corrected chi connectivity index (χ1v) is 8.73. The second-order valence-electron chi connectivity index (χ2n) is 6.92. The Bertz CT molecular complexity index is 1180. The van der Waals surface area contributed by atoms with Crippen LogP contribution in [0.4, 0.5) is 13.2 Å². The molecule has 0 aliphatic heterocycles. The predicted molar refractivity (Wildman–Crippen MR) is 99.5 cm³/mol. The van der Waals surface area contributed by atoms with Crippen LogP contribution in [-0.4, -0.2) is 24.4 Å². The van der Waals surface area contributed by atoms with Gasteiger partial charge in [-0.15, -0.1) is 0 Å². The molecule has 0 aliphatic rings. The molecule has 0 N–H and O–H groups in total. The Hall–Kier alpha value is -3.16. The molecule has 0 radical (unpaired) electrons. The molecule has 4 aromatic rings. The number of rotatable bonds is 2. The van der Waals surface area contributed by atoms with Gasteiger partial charge in [0.1, 0.15) is 0 Å². The van der Waals surface area contributed by atoms with E-state index in [1.54, 1.807) is 41.9 Å². The zero-order valence-corrected chi connectivity index (χ0v) is 15.8. The summed E-state index contributed by atoms with van der Waals surface area (Å²) in [5.41, 5.74) is 2.69. The minimum atomic E-state index is -4.62. The number of fused-ring (bicyclic) bond motifs is 1. The van der Waals surface area contributed by atoms with E-state index in [4.69, 9.17) is 0 Å². The molecule has 28 heavy (non-hydrogen) atoms. The Morgan fingerprint density at radius 3 is 2.11 bits per heavy atom. The molecular formula is C20H18F3N5. The van der Waals surface area contributed by atoms with Gasteiger partial charge < -0.3 is 0 Å². The second-order valence-corrected chi connectivity index (χ2v) is 6.92. The summed E-state index contributed by atoms with van der Waals surface area (Å²) in [4.78, 5) is 4.39. The highest BCUT2D eigenvalue weighted by atomic mass is 19.4. The maximum Gasteiger partial charge on any atom is 0.435 e. The number of aromatic nitrogens is 5. The van der Waals surface area contributed by atoms with Crippen LogP contribution < -0.4 is 0 Å². The van der Waals surface area contributed by atoms with Crippen molar-refractivity contribution in [2.75, 3.05) is 0 Å². The van der Waals surface area contributed by atoms with Crippen molar-refractivity contribution < 1.29 is 13.2 Å². The molecule has 3 aromatic heterocycles. The number of alkyl halides is 3. The Morgan fingerprint density at radius 2 is 1.54 bits per heavy atom. The van der Waals surface area contributed by atoms with E-state index in [0.29, 0.717) is 17.1 Å². The maximum absolute atomic E-state index is 13.8. The van der Waals surface area contributed by atoms with E-state index in [0.717, 1.165) is 17.0 Å². The smallest absolute Gasteiger partial charge is 0.233 e. The first-order chi connectivity index (χ1) is 13.1. The minimum absolute atomic E-state index is 0.0287. The lowest BCUT2D eigenvalue weighted by molar-refractivity contribution is -0.140. The van der Waals surface area contributed by atoms with Crippen molar-refractivity contribution >= 4 is 5.65 Å². The normalized spacial score (nSPS) is 12.1. The molecule has 3 heterocycles. The number of aryl methyl sites for hydroxylation is 4. The summed E-state index contributed by atoms with van der Waals surface area (Å²) in [6, 6.07) is 10.4. The highest BCUT2D eigenvalue weighted by molar-refractivity contribution is 5.81. The van der Waals surface area contributed by atoms with E-state index >= 15 is 0 Å². The summed E-state index contributed by atoms with van der Waals surface area (Å²) < 4.78 is 44.3. The van der Waals surface area contributed by atoms with Crippen molar-refractivity contribution in [1.29, 1.82) is 0 Å². The Balaban J connectivity index is 2.11. The molecule has 1 aromatic carbocycles. The number of halogens is 3. The number of hydrogen-bond acceptors (Lipinski definition) is 3. The molecule has 0 amide bonds. The van der Waals surface area contributed by atoms with Crippen molar-refractivity contribution in [2.24, 2.45) is 0 Å². The first-order valence-electron chi connectivity index (χ1n) is 8.73. The van der Waals surface area contributed by atoms with Gasteiger partial charge in [0.2, 0.25) is 0 Å². The number of hydrogen-bond donors (Lipinski definition) is 0. The highest BCUT2D eigenvalue weighted by Crippen LogP contribution is 2.39. The Labute approximate surface area is 159 Å². The maximum atomic E-state index is 13.8. The van der Waals surface area contributed by atoms with E-state index in [2.05, 4.69) is 15.2 Å². The molecule has 0 aliphatic carbocycles. The third kappa shape index (κ3) is 2.94. The first kappa shape index (κ1) is 18.2. The summed E-state index contributed by atoms with van der Waals surface area (Å²) in [5.74, 6) is 0.414. The van der Waals surface area contributed by atoms with Crippen LogP contribution in [0.2, 0.25) is 0 Å². The summed E-state index contributed by atoms with van der Waals surface area (Å²) >= 11 is 0. The Kier molecular flexibility index (Phi) is 4.02. The van der Waals surface area contributed by atoms with Gasteiger partial charge in [-0.2, -0.15) is 27.9 Å². The molecule has 0 atom stereocenters. The molecule has 0 saturated heterocycles. The minimum Gasteiger partial charge on any atom is -0.233 e. The topological polar surface area (TPSA) is 48.0 Å². The molecule has 0 spiro atoms. The fourth-order valence-corrected chi connectivity index (χ4v) is 3.32. The standard InChI is InChI=1S/C20H18F3N5/c1-11-5-7-15(8-6-11)17-18(20(21,22)23)26-28-16(10-12(2)24-19(17)28)27-14(4)9-13(3)25-27/h5-10H,1-4H3. The van der Waals surface area contributed by atoms with Crippen molar-refractivity contribution in [3.63, 3.8) is 0 Å². The molecule has 0 bridgehead atoms. The lowest BCUT2D eigenvalue weighted by atomic mass is 10.0. The lowest BCUT2D eigenvalue weighted by Crippen LogP contribution is -2.10. The third-order valence-electron chi connectivity index (χ3n) is 4.53. The van der Waals surface area contributed by atoms with Crippen LogP contribution in [0.3, 0.4) is 0 Å². The number of nitrogens with zero attached hydrogens (tertiary/aromatic N) is 5. The SMILES string of the molecule is Cc1ccc(-c2c(C(F)(F)F)nn3c(-n4nc(C)cc4C)cc(C)nc23)cc1. The summed E-state index contributed by atoms with van der Waals surface area (Å²) in [7, 11) is 0. The van der Waals surface area contributed by atoms with Gasteiger partial charge in [-0.05, 0) is 39.3 Å². The predicted octanol–water partition coefficient (Wildman–Crippen LogP) is 4.83. The van der Waals surface area contributed by atoms with Gasteiger partial charge in [-0.25, -0.2) is 9.67 Å². The van der Waals surface area contributed by atoms with Crippen LogP contribution >= 0.6 is 0 Å². The zero-order valence-electron chi connectivity index (χ0n) is 15.8. The van der Waals surface area contributed by atoms with E-state index in [1.807, 2.05) is 26.8 Å². The largest absolute Gasteiger partial charge is 0.435 e. The van der Waals surface area contributed by atoms with Crippen molar-refractivity contribution in [3.8, 4) is 16.9 Å². The molecule has 0 unspecified atom stereocenters. The lowest BCUT2D eigenvalue weighted by Gasteiger charge is -2.09. The molecule has 5 nitrogen and oxygen atoms in total. The van der Waals surface area contributed by atoms with Crippen LogP contribution in [0.25, 0.3) is 22.6 Å². The molecule has 0 fully saturated rings. The van der Waals surface area contributed by atoms with Gasteiger partial charge in [-0.1, -0.05) is 29.8 Å². The fourth-order valence-electron chi connectivity index (χ4n) is 3.32. The molecule has 8 heteroatoms. The molecule has 144 valence electrons. The zero-order chi connectivity index (χ0) is 20.2. The highest BCUT2D eigenvalue weighted by Gasteiger charge is 2.39. The van der Waals surface area contributed by atoms with Crippen LogP contribution in [0, 0.1) is 27.7 Å².